The Morgan fingerprint density at radius 1 is 1.56 bits per heavy atom. The molecule has 1 saturated heterocycles. The summed E-state index contributed by atoms with van der Waals surface area (Å²) in [6.45, 7) is 7.58. The minimum absolute atomic E-state index is 0.641. The highest BCUT2D eigenvalue weighted by Crippen LogP contribution is 2.15. The summed E-state index contributed by atoms with van der Waals surface area (Å²) in [6, 6.07) is 4.85. The van der Waals surface area contributed by atoms with Crippen molar-refractivity contribution in [2.24, 2.45) is 0 Å². The van der Waals surface area contributed by atoms with Gasteiger partial charge in [0.1, 0.15) is 5.82 Å². The Hall–Kier alpha value is -1.09. The van der Waals surface area contributed by atoms with Gasteiger partial charge < -0.3 is 10.2 Å². The summed E-state index contributed by atoms with van der Waals surface area (Å²) in [5.41, 5.74) is 1.28. The van der Waals surface area contributed by atoms with Gasteiger partial charge in [0.05, 0.1) is 0 Å². The highest BCUT2D eigenvalue weighted by molar-refractivity contribution is 5.40. The van der Waals surface area contributed by atoms with Crippen LogP contribution in [0.3, 0.4) is 0 Å². The molecule has 1 aliphatic rings. The maximum absolute atomic E-state index is 4.45. The standard InChI is InChI=1S/C13H21N3/c1-3-16(10-12-5-4-7-14-12)13-9-11(2)6-8-15-13/h6,8-9,12,14H,3-5,7,10H2,1-2H3. The largest absolute Gasteiger partial charge is 0.355 e. The van der Waals surface area contributed by atoms with E-state index in [9.17, 15) is 0 Å². The number of nitrogens with one attached hydrogen (secondary N) is 1. The molecule has 0 radical (unpaired) electrons. The van der Waals surface area contributed by atoms with Gasteiger partial charge in [-0.1, -0.05) is 0 Å². The molecule has 0 saturated carbocycles. The van der Waals surface area contributed by atoms with Crippen LogP contribution in [-0.2, 0) is 0 Å². The van der Waals surface area contributed by atoms with Crippen molar-refractivity contribution < 1.29 is 0 Å². The lowest BCUT2D eigenvalue weighted by Gasteiger charge is -2.25. The summed E-state index contributed by atoms with van der Waals surface area (Å²) in [4.78, 5) is 6.81. The lowest BCUT2D eigenvalue weighted by atomic mass is 10.2. The number of anilines is 1. The molecule has 0 aromatic carbocycles. The molecule has 0 amide bonds. The van der Waals surface area contributed by atoms with Crippen LogP contribution in [0, 0.1) is 6.92 Å². The van der Waals surface area contributed by atoms with E-state index >= 15 is 0 Å². The van der Waals surface area contributed by atoms with Gasteiger partial charge in [-0.15, -0.1) is 0 Å². The number of likely N-dealkylation sites (N-methyl/N-ethyl adjacent to an activating group) is 1. The molecule has 3 nitrogen and oxygen atoms in total. The fourth-order valence-electron chi connectivity index (χ4n) is 2.26. The second-order valence-electron chi connectivity index (χ2n) is 4.52. The molecule has 1 unspecified atom stereocenters. The maximum atomic E-state index is 4.45. The topological polar surface area (TPSA) is 28.2 Å². The van der Waals surface area contributed by atoms with Crippen LogP contribution in [0.15, 0.2) is 18.3 Å². The molecule has 1 aromatic rings. The van der Waals surface area contributed by atoms with Gasteiger partial charge in [0.25, 0.3) is 0 Å². The van der Waals surface area contributed by atoms with Crippen molar-refractivity contribution in [3.63, 3.8) is 0 Å². The minimum atomic E-state index is 0.641. The van der Waals surface area contributed by atoms with E-state index in [1.807, 2.05) is 12.3 Å². The first kappa shape index (κ1) is 11.4. The summed E-state index contributed by atoms with van der Waals surface area (Å²) < 4.78 is 0. The first-order chi connectivity index (χ1) is 7.79. The van der Waals surface area contributed by atoms with Crippen molar-refractivity contribution in [2.45, 2.75) is 32.7 Å². The monoisotopic (exact) mass is 219 g/mol. The first-order valence-corrected chi connectivity index (χ1v) is 6.20. The molecule has 0 aliphatic carbocycles. The molecule has 2 rings (SSSR count). The molecule has 1 N–H and O–H groups in total. The molecular formula is C13H21N3. The number of hydrogen-bond donors (Lipinski definition) is 1. The van der Waals surface area contributed by atoms with E-state index < -0.39 is 0 Å². The summed E-state index contributed by atoms with van der Waals surface area (Å²) in [5, 5.41) is 3.54. The zero-order chi connectivity index (χ0) is 11.4. The van der Waals surface area contributed by atoms with Crippen LogP contribution >= 0.6 is 0 Å². The van der Waals surface area contributed by atoms with Crippen molar-refractivity contribution >= 4 is 5.82 Å². The molecule has 88 valence electrons. The molecule has 16 heavy (non-hydrogen) atoms. The number of pyridine rings is 1. The van der Waals surface area contributed by atoms with Crippen LogP contribution in [0.2, 0.25) is 0 Å². The fraction of sp³-hybridized carbons (Fsp3) is 0.615. The minimum Gasteiger partial charge on any atom is -0.355 e. The zero-order valence-electron chi connectivity index (χ0n) is 10.2. The van der Waals surface area contributed by atoms with Gasteiger partial charge in [0, 0.05) is 25.3 Å². The van der Waals surface area contributed by atoms with Gasteiger partial charge in [-0.05, 0) is 50.9 Å². The molecule has 3 heteroatoms. The smallest absolute Gasteiger partial charge is 0.128 e. The zero-order valence-corrected chi connectivity index (χ0v) is 10.2. The first-order valence-electron chi connectivity index (χ1n) is 6.20. The quantitative estimate of drug-likeness (QED) is 0.839. The third-order valence-corrected chi connectivity index (χ3v) is 3.21. The molecular weight excluding hydrogens is 198 g/mol. The molecule has 1 atom stereocenters. The Morgan fingerprint density at radius 2 is 2.44 bits per heavy atom. The van der Waals surface area contributed by atoms with Crippen LogP contribution < -0.4 is 10.2 Å². The van der Waals surface area contributed by atoms with Gasteiger partial charge in [0.15, 0.2) is 0 Å². The third-order valence-electron chi connectivity index (χ3n) is 3.21. The van der Waals surface area contributed by atoms with E-state index in [0.717, 1.165) is 18.9 Å². The molecule has 0 spiro atoms. The van der Waals surface area contributed by atoms with E-state index in [2.05, 4.69) is 35.1 Å². The molecule has 0 bridgehead atoms. The van der Waals surface area contributed by atoms with Crippen LogP contribution in [0.1, 0.15) is 25.3 Å². The average molecular weight is 219 g/mol. The normalized spacial score (nSPS) is 20.0. The summed E-state index contributed by atoms with van der Waals surface area (Å²) in [6.07, 6.45) is 4.50. The summed E-state index contributed by atoms with van der Waals surface area (Å²) in [5.74, 6) is 1.11. The molecule has 1 aliphatic heterocycles. The van der Waals surface area contributed by atoms with E-state index in [1.54, 1.807) is 0 Å². The van der Waals surface area contributed by atoms with Crippen LogP contribution in [0.25, 0.3) is 0 Å². The number of aryl methyl sites for hydroxylation is 1. The van der Waals surface area contributed by atoms with E-state index in [4.69, 9.17) is 0 Å². The van der Waals surface area contributed by atoms with Gasteiger partial charge in [-0.25, -0.2) is 4.98 Å². The highest BCUT2D eigenvalue weighted by Gasteiger charge is 2.17. The van der Waals surface area contributed by atoms with Crippen molar-refractivity contribution in [3.05, 3.63) is 23.9 Å². The number of rotatable bonds is 4. The number of nitrogens with zero attached hydrogens (tertiary/aromatic N) is 2. The molecule has 1 fully saturated rings. The SMILES string of the molecule is CCN(CC1CCCN1)c1cc(C)ccn1. The lowest BCUT2D eigenvalue weighted by Crippen LogP contribution is -2.37. The molecule has 1 aromatic heterocycles. The van der Waals surface area contributed by atoms with Crippen molar-refractivity contribution in [1.82, 2.24) is 10.3 Å². The van der Waals surface area contributed by atoms with Gasteiger partial charge in [-0.3, -0.25) is 0 Å². The van der Waals surface area contributed by atoms with E-state index in [0.29, 0.717) is 6.04 Å². The van der Waals surface area contributed by atoms with Crippen LogP contribution in [0.5, 0.6) is 0 Å². The maximum Gasteiger partial charge on any atom is 0.128 e. The fourth-order valence-corrected chi connectivity index (χ4v) is 2.26. The van der Waals surface area contributed by atoms with Gasteiger partial charge >= 0.3 is 0 Å². The number of aromatic nitrogens is 1. The Morgan fingerprint density at radius 3 is 3.06 bits per heavy atom. The van der Waals surface area contributed by atoms with Crippen molar-refractivity contribution in [3.8, 4) is 0 Å². The van der Waals surface area contributed by atoms with Gasteiger partial charge in [0.2, 0.25) is 0 Å². The Bertz CT molecular complexity index is 332. The Balaban J connectivity index is 2.03. The third kappa shape index (κ3) is 2.73. The van der Waals surface area contributed by atoms with E-state index in [-0.39, 0.29) is 0 Å². The highest BCUT2D eigenvalue weighted by atomic mass is 15.2. The Kier molecular flexibility index (Phi) is 3.78. The predicted molar refractivity (Wildman–Crippen MR) is 67.9 cm³/mol. The van der Waals surface area contributed by atoms with Crippen LogP contribution in [-0.4, -0.2) is 30.7 Å². The Labute approximate surface area is 97.9 Å². The summed E-state index contributed by atoms with van der Waals surface area (Å²) >= 11 is 0. The second-order valence-corrected chi connectivity index (χ2v) is 4.52. The average Bonchev–Trinajstić information content (AvgIpc) is 2.78. The molecule has 2 heterocycles. The van der Waals surface area contributed by atoms with Crippen molar-refractivity contribution in [2.75, 3.05) is 24.5 Å². The van der Waals surface area contributed by atoms with Crippen molar-refractivity contribution in [1.29, 1.82) is 0 Å². The van der Waals surface area contributed by atoms with E-state index in [1.165, 1.54) is 24.9 Å². The lowest BCUT2D eigenvalue weighted by molar-refractivity contribution is 0.584. The van der Waals surface area contributed by atoms with Gasteiger partial charge in [-0.2, -0.15) is 0 Å². The second kappa shape index (κ2) is 5.30. The predicted octanol–water partition coefficient (Wildman–Crippen LogP) is 1.97. The number of hydrogen-bond acceptors (Lipinski definition) is 3. The van der Waals surface area contributed by atoms with Crippen LogP contribution in [0.4, 0.5) is 5.82 Å². The summed E-state index contributed by atoms with van der Waals surface area (Å²) in [7, 11) is 0.